The molecular formula is C13H16F4N2. The molecule has 1 N–H and O–H groups in total. The van der Waals surface area contributed by atoms with Gasteiger partial charge in [-0.2, -0.15) is 13.2 Å². The molecule has 106 valence electrons. The van der Waals surface area contributed by atoms with Crippen molar-refractivity contribution < 1.29 is 17.6 Å². The number of piperazine rings is 1. The fourth-order valence-corrected chi connectivity index (χ4v) is 2.45. The molecule has 1 heterocycles. The highest BCUT2D eigenvalue weighted by Crippen LogP contribution is 2.38. The Morgan fingerprint density at radius 3 is 2.42 bits per heavy atom. The van der Waals surface area contributed by atoms with Crippen LogP contribution in [0.4, 0.5) is 17.6 Å². The molecule has 0 radical (unpaired) electrons. The Kier molecular flexibility index (Phi) is 4.10. The van der Waals surface area contributed by atoms with E-state index in [1.165, 1.54) is 17.0 Å². The topological polar surface area (TPSA) is 15.3 Å². The molecule has 1 aromatic rings. The third-order valence-electron chi connectivity index (χ3n) is 3.26. The second-order valence-corrected chi connectivity index (χ2v) is 4.85. The van der Waals surface area contributed by atoms with E-state index in [2.05, 4.69) is 5.32 Å². The zero-order chi connectivity index (χ0) is 14.0. The Morgan fingerprint density at radius 2 is 1.89 bits per heavy atom. The number of nitrogens with one attached hydrogen (secondary N) is 1. The maximum Gasteiger partial charge on any atom is 0.408 e. The first-order valence-electron chi connectivity index (χ1n) is 6.17. The van der Waals surface area contributed by atoms with Gasteiger partial charge in [0.2, 0.25) is 0 Å². The third kappa shape index (κ3) is 3.45. The van der Waals surface area contributed by atoms with E-state index in [0.717, 1.165) is 12.1 Å². The number of nitrogens with zero attached hydrogens (tertiary/aromatic N) is 1. The van der Waals surface area contributed by atoms with E-state index in [4.69, 9.17) is 0 Å². The van der Waals surface area contributed by atoms with E-state index in [-0.39, 0.29) is 11.6 Å². The summed E-state index contributed by atoms with van der Waals surface area (Å²) in [5, 5.41) is 3.11. The van der Waals surface area contributed by atoms with Gasteiger partial charge in [0.05, 0.1) is 0 Å². The van der Waals surface area contributed by atoms with Crippen molar-refractivity contribution in [1.82, 2.24) is 10.2 Å². The normalized spacial score (nSPS) is 23.3. The first-order valence-corrected chi connectivity index (χ1v) is 6.17. The standard InChI is InChI=1S/C13H16F4N2/c1-9-8-19(7-6-18-9)12(13(15,16)17)10-2-4-11(14)5-3-10/h2-5,9,12,18H,6-8H2,1H3/t9-,12-/m1/s1. The van der Waals surface area contributed by atoms with Gasteiger partial charge >= 0.3 is 6.18 Å². The van der Waals surface area contributed by atoms with Crippen LogP contribution in [0, 0.1) is 5.82 Å². The van der Waals surface area contributed by atoms with Crippen LogP contribution < -0.4 is 5.32 Å². The van der Waals surface area contributed by atoms with E-state index in [1.807, 2.05) is 6.92 Å². The maximum atomic E-state index is 13.3. The number of hydrogen-bond acceptors (Lipinski definition) is 2. The summed E-state index contributed by atoms with van der Waals surface area (Å²) >= 11 is 0. The Labute approximate surface area is 109 Å². The van der Waals surface area contributed by atoms with E-state index < -0.39 is 18.0 Å². The zero-order valence-electron chi connectivity index (χ0n) is 10.5. The summed E-state index contributed by atoms with van der Waals surface area (Å²) in [6.45, 7) is 3.02. The lowest BCUT2D eigenvalue weighted by Gasteiger charge is -2.38. The van der Waals surface area contributed by atoms with Crippen LogP contribution in [-0.2, 0) is 0 Å². The molecule has 1 saturated heterocycles. The molecule has 0 saturated carbocycles. The van der Waals surface area contributed by atoms with Gasteiger partial charge in [0.1, 0.15) is 11.9 Å². The van der Waals surface area contributed by atoms with Crippen molar-refractivity contribution in [2.75, 3.05) is 19.6 Å². The summed E-state index contributed by atoms with van der Waals surface area (Å²) in [6, 6.07) is 2.90. The molecular weight excluding hydrogens is 260 g/mol. The van der Waals surface area contributed by atoms with Crippen molar-refractivity contribution in [3.63, 3.8) is 0 Å². The van der Waals surface area contributed by atoms with Gasteiger partial charge in [0, 0.05) is 25.7 Å². The minimum absolute atomic E-state index is 0.0130. The molecule has 2 rings (SSSR count). The zero-order valence-corrected chi connectivity index (χ0v) is 10.5. The lowest BCUT2D eigenvalue weighted by atomic mass is 10.0. The molecule has 2 nitrogen and oxygen atoms in total. The molecule has 2 atom stereocenters. The molecule has 0 unspecified atom stereocenters. The summed E-state index contributed by atoms with van der Waals surface area (Å²) in [5.41, 5.74) is 0.0861. The van der Waals surface area contributed by atoms with Crippen LogP contribution in [-0.4, -0.2) is 36.8 Å². The van der Waals surface area contributed by atoms with Crippen molar-refractivity contribution in [2.45, 2.75) is 25.2 Å². The molecule has 1 aliphatic rings. The molecule has 6 heteroatoms. The lowest BCUT2D eigenvalue weighted by Crippen LogP contribution is -2.53. The van der Waals surface area contributed by atoms with Gasteiger partial charge < -0.3 is 5.32 Å². The summed E-state index contributed by atoms with van der Waals surface area (Å²) in [7, 11) is 0. The highest BCUT2D eigenvalue weighted by atomic mass is 19.4. The minimum Gasteiger partial charge on any atom is -0.312 e. The molecule has 0 aliphatic carbocycles. The average molecular weight is 276 g/mol. The van der Waals surface area contributed by atoms with Crippen LogP contribution in [0.15, 0.2) is 24.3 Å². The van der Waals surface area contributed by atoms with Crippen molar-refractivity contribution in [2.24, 2.45) is 0 Å². The second kappa shape index (κ2) is 5.46. The van der Waals surface area contributed by atoms with Gasteiger partial charge in [-0.15, -0.1) is 0 Å². The van der Waals surface area contributed by atoms with Crippen molar-refractivity contribution in [3.8, 4) is 0 Å². The number of alkyl halides is 3. The number of rotatable bonds is 2. The largest absolute Gasteiger partial charge is 0.408 e. The Hall–Kier alpha value is -1.14. The summed E-state index contributed by atoms with van der Waals surface area (Å²) in [4.78, 5) is 1.40. The van der Waals surface area contributed by atoms with Gasteiger partial charge in [-0.1, -0.05) is 12.1 Å². The number of halogens is 4. The molecule has 0 spiro atoms. The van der Waals surface area contributed by atoms with Crippen LogP contribution in [0.3, 0.4) is 0 Å². The van der Waals surface area contributed by atoms with Crippen LogP contribution in [0.25, 0.3) is 0 Å². The van der Waals surface area contributed by atoms with E-state index in [9.17, 15) is 17.6 Å². The fraction of sp³-hybridized carbons (Fsp3) is 0.538. The molecule has 0 aromatic heterocycles. The molecule has 0 bridgehead atoms. The predicted molar refractivity (Wildman–Crippen MR) is 64.2 cm³/mol. The lowest BCUT2D eigenvalue weighted by molar-refractivity contribution is -0.189. The minimum atomic E-state index is -4.37. The smallest absolute Gasteiger partial charge is 0.312 e. The SMILES string of the molecule is C[C@@H]1CN([C@H](c2ccc(F)cc2)C(F)(F)F)CCN1. The van der Waals surface area contributed by atoms with E-state index in [1.54, 1.807) is 0 Å². The van der Waals surface area contributed by atoms with Crippen LogP contribution >= 0.6 is 0 Å². The predicted octanol–water partition coefficient (Wildman–Crippen LogP) is 2.72. The Morgan fingerprint density at radius 1 is 1.26 bits per heavy atom. The molecule has 1 fully saturated rings. The highest BCUT2D eigenvalue weighted by molar-refractivity contribution is 5.21. The van der Waals surface area contributed by atoms with Gasteiger partial charge in [0.15, 0.2) is 0 Å². The van der Waals surface area contributed by atoms with E-state index >= 15 is 0 Å². The molecule has 1 aliphatic heterocycles. The Bertz CT molecular complexity index is 416. The second-order valence-electron chi connectivity index (χ2n) is 4.85. The number of benzene rings is 1. The van der Waals surface area contributed by atoms with Gasteiger partial charge in [-0.3, -0.25) is 4.90 Å². The number of hydrogen-bond donors (Lipinski definition) is 1. The monoisotopic (exact) mass is 276 g/mol. The summed E-state index contributed by atoms with van der Waals surface area (Å²) < 4.78 is 52.6. The average Bonchev–Trinajstić information content (AvgIpc) is 2.30. The highest BCUT2D eigenvalue weighted by Gasteiger charge is 2.45. The van der Waals surface area contributed by atoms with Crippen LogP contribution in [0.2, 0.25) is 0 Å². The molecule has 0 amide bonds. The third-order valence-corrected chi connectivity index (χ3v) is 3.26. The van der Waals surface area contributed by atoms with E-state index in [0.29, 0.717) is 19.6 Å². The van der Waals surface area contributed by atoms with Gasteiger partial charge in [-0.25, -0.2) is 4.39 Å². The van der Waals surface area contributed by atoms with Crippen molar-refractivity contribution in [3.05, 3.63) is 35.6 Å². The summed E-state index contributed by atoms with van der Waals surface area (Å²) in [5.74, 6) is -0.529. The quantitative estimate of drug-likeness (QED) is 0.836. The first-order chi connectivity index (χ1) is 8.88. The first kappa shape index (κ1) is 14.3. The van der Waals surface area contributed by atoms with Crippen molar-refractivity contribution >= 4 is 0 Å². The van der Waals surface area contributed by atoms with Crippen molar-refractivity contribution in [1.29, 1.82) is 0 Å². The fourth-order valence-electron chi connectivity index (χ4n) is 2.45. The van der Waals surface area contributed by atoms with Crippen LogP contribution in [0.5, 0.6) is 0 Å². The maximum absolute atomic E-state index is 13.3. The molecule has 19 heavy (non-hydrogen) atoms. The van der Waals surface area contributed by atoms with Gasteiger partial charge in [-0.05, 0) is 24.6 Å². The van der Waals surface area contributed by atoms with Gasteiger partial charge in [0.25, 0.3) is 0 Å². The summed E-state index contributed by atoms with van der Waals surface area (Å²) in [6.07, 6.45) is -4.37. The Balaban J connectivity index is 2.28. The van der Waals surface area contributed by atoms with Crippen LogP contribution in [0.1, 0.15) is 18.5 Å². The molecule has 1 aromatic carbocycles.